The van der Waals surface area contributed by atoms with Gasteiger partial charge in [-0.1, -0.05) is 56.6 Å². The second kappa shape index (κ2) is 9.88. The van der Waals surface area contributed by atoms with Crippen molar-refractivity contribution in [3.05, 3.63) is 88.9 Å². The molecule has 0 aliphatic heterocycles. The van der Waals surface area contributed by atoms with E-state index >= 15 is 0 Å². The molecule has 0 bridgehead atoms. The molecule has 2 amide bonds. The number of carbonyl (C=O) groups excluding carboxylic acids is 2. The van der Waals surface area contributed by atoms with Gasteiger partial charge in [0, 0.05) is 22.0 Å². The van der Waals surface area contributed by atoms with Crippen molar-refractivity contribution in [2.24, 2.45) is 0 Å². The quantitative estimate of drug-likeness (QED) is 0.463. The first-order valence-corrected chi connectivity index (χ1v) is 10.7. The summed E-state index contributed by atoms with van der Waals surface area (Å²) < 4.78 is 5.65. The molecule has 32 heavy (non-hydrogen) atoms. The summed E-state index contributed by atoms with van der Waals surface area (Å²) in [6.45, 7) is 8.04. The monoisotopic (exact) mass is 450 g/mol. The molecular weight excluding hydrogens is 424 g/mol. The van der Waals surface area contributed by atoms with Crippen molar-refractivity contribution in [2.75, 3.05) is 10.6 Å². The second-order valence-electron chi connectivity index (χ2n) is 8.57. The maximum Gasteiger partial charge on any atom is 0.265 e. The first-order valence-electron chi connectivity index (χ1n) is 10.4. The smallest absolute Gasteiger partial charge is 0.265 e. The second-order valence-corrected chi connectivity index (χ2v) is 9.01. The van der Waals surface area contributed by atoms with Gasteiger partial charge < -0.3 is 15.4 Å². The molecule has 0 saturated heterocycles. The Morgan fingerprint density at radius 1 is 0.875 bits per heavy atom. The Labute approximate surface area is 193 Å². The van der Waals surface area contributed by atoms with E-state index in [1.807, 2.05) is 24.3 Å². The van der Waals surface area contributed by atoms with Crippen molar-refractivity contribution < 1.29 is 14.3 Å². The van der Waals surface area contributed by atoms with Crippen molar-refractivity contribution in [1.29, 1.82) is 0 Å². The number of carbonyl (C=O) groups is 2. The van der Waals surface area contributed by atoms with E-state index in [2.05, 4.69) is 31.4 Å². The van der Waals surface area contributed by atoms with Crippen LogP contribution >= 0.6 is 11.6 Å². The molecule has 0 saturated carbocycles. The van der Waals surface area contributed by atoms with Crippen LogP contribution in [0.5, 0.6) is 5.75 Å². The van der Waals surface area contributed by atoms with Crippen LogP contribution in [0.4, 0.5) is 11.4 Å². The molecule has 5 nitrogen and oxygen atoms in total. The van der Waals surface area contributed by atoms with Gasteiger partial charge in [0.05, 0.1) is 0 Å². The Hall–Kier alpha value is -3.31. The minimum atomic E-state index is -0.729. The first kappa shape index (κ1) is 23.4. The Kier molecular flexibility index (Phi) is 7.21. The summed E-state index contributed by atoms with van der Waals surface area (Å²) in [4.78, 5) is 25.1. The van der Waals surface area contributed by atoms with Gasteiger partial charge >= 0.3 is 0 Å². The van der Waals surface area contributed by atoms with E-state index in [9.17, 15) is 9.59 Å². The van der Waals surface area contributed by atoms with Gasteiger partial charge in [0.2, 0.25) is 0 Å². The van der Waals surface area contributed by atoms with Gasteiger partial charge in [0.25, 0.3) is 11.8 Å². The third kappa shape index (κ3) is 6.34. The number of hydrogen-bond acceptors (Lipinski definition) is 3. The highest BCUT2D eigenvalue weighted by molar-refractivity contribution is 6.30. The third-order valence-corrected chi connectivity index (χ3v) is 5.11. The lowest BCUT2D eigenvalue weighted by molar-refractivity contribution is -0.122. The third-order valence-electron chi connectivity index (χ3n) is 4.88. The van der Waals surface area contributed by atoms with Crippen molar-refractivity contribution in [3.63, 3.8) is 0 Å². The highest BCUT2D eigenvalue weighted by atomic mass is 35.5. The molecule has 0 unspecified atom stereocenters. The zero-order valence-corrected chi connectivity index (χ0v) is 19.4. The molecule has 0 radical (unpaired) electrons. The van der Waals surface area contributed by atoms with Gasteiger partial charge in [-0.15, -0.1) is 0 Å². The number of anilines is 2. The molecule has 0 spiro atoms. The van der Waals surface area contributed by atoms with Crippen molar-refractivity contribution >= 4 is 34.8 Å². The van der Waals surface area contributed by atoms with Crippen LogP contribution in [0.2, 0.25) is 5.02 Å². The summed E-state index contributed by atoms with van der Waals surface area (Å²) >= 11 is 5.95. The molecule has 166 valence electrons. The van der Waals surface area contributed by atoms with E-state index < -0.39 is 6.10 Å². The predicted octanol–water partition coefficient (Wildman–Crippen LogP) is 6.30. The highest BCUT2D eigenvalue weighted by Crippen LogP contribution is 2.23. The molecular formula is C26H27ClN2O3. The van der Waals surface area contributed by atoms with Crippen LogP contribution in [0, 0.1) is 0 Å². The van der Waals surface area contributed by atoms with E-state index in [4.69, 9.17) is 16.3 Å². The van der Waals surface area contributed by atoms with Gasteiger partial charge in [0.15, 0.2) is 6.10 Å². The lowest BCUT2D eigenvalue weighted by Gasteiger charge is -2.19. The average molecular weight is 451 g/mol. The summed E-state index contributed by atoms with van der Waals surface area (Å²) in [5.74, 6) is -0.0172. The van der Waals surface area contributed by atoms with Gasteiger partial charge in [-0.05, 0) is 66.4 Å². The van der Waals surface area contributed by atoms with Crippen molar-refractivity contribution in [2.45, 2.75) is 39.2 Å². The first-order chi connectivity index (χ1) is 15.1. The number of hydrogen-bond donors (Lipinski definition) is 2. The van der Waals surface area contributed by atoms with E-state index in [-0.39, 0.29) is 17.2 Å². The number of ether oxygens (including phenoxy) is 1. The van der Waals surface area contributed by atoms with Crippen LogP contribution in [0.25, 0.3) is 0 Å². The molecule has 3 aromatic rings. The summed E-state index contributed by atoms with van der Waals surface area (Å²) in [6, 6.07) is 21.4. The zero-order valence-electron chi connectivity index (χ0n) is 18.6. The van der Waals surface area contributed by atoms with Crippen molar-refractivity contribution in [3.8, 4) is 5.75 Å². The number of halogens is 1. The Morgan fingerprint density at radius 3 is 2.12 bits per heavy atom. The number of benzene rings is 3. The van der Waals surface area contributed by atoms with Crippen LogP contribution in [0.3, 0.4) is 0 Å². The maximum absolute atomic E-state index is 12.6. The summed E-state index contributed by atoms with van der Waals surface area (Å²) in [7, 11) is 0. The lowest BCUT2D eigenvalue weighted by atomic mass is 9.87. The molecule has 0 aromatic heterocycles. The molecule has 3 aromatic carbocycles. The molecule has 3 rings (SSSR count). The largest absolute Gasteiger partial charge is 0.481 e. The zero-order chi connectivity index (χ0) is 23.3. The molecule has 2 N–H and O–H groups in total. The Balaban J connectivity index is 1.62. The highest BCUT2D eigenvalue weighted by Gasteiger charge is 2.16. The van der Waals surface area contributed by atoms with Crippen molar-refractivity contribution in [1.82, 2.24) is 0 Å². The predicted molar refractivity (Wildman–Crippen MR) is 130 cm³/mol. The molecule has 0 aliphatic carbocycles. The number of nitrogens with one attached hydrogen (secondary N) is 2. The lowest BCUT2D eigenvalue weighted by Crippen LogP contribution is -2.30. The van der Waals surface area contributed by atoms with Gasteiger partial charge in [-0.2, -0.15) is 0 Å². The molecule has 0 fully saturated rings. The molecule has 0 aliphatic rings. The SMILES string of the molecule is C[C@H](Oc1cccc(Cl)c1)C(=O)Nc1cccc(NC(=O)c2ccc(C(C)(C)C)cc2)c1. The Morgan fingerprint density at radius 2 is 1.50 bits per heavy atom. The Bertz CT molecular complexity index is 1100. The molecule has 6 heteroatoms. The van der Waals surface area contributed by atoms with Gasteiger partial charge in [-0.25, -0.2) is 0 Å². The molecule has 1 atom stereocenters. The van der Waals surface area contributed by atoms with Crippen LogP contribution in [0.1, 0.15) is 43.6 Å². The molecule has 0 heterocycles. The van der Waals surface area contributed by atoms with Gasteiger partial charge in [-0.3, -0.25) is 9.59 Å². The fourth-order valence-electron chi connectivity index (χ4n) is 3.04. The fraction of sp³-hybridized carbons (Fsp3) is 0.231. The van der Waals surface area contributed by atoms with E-state index in [0.717, 1.165) is 5.56 Å². The topological polar surface area (TPSA) is 67.4 Å². The summed E-state index contributed by atoms with van der Waals surface area (Å²) in [5, 5.41) is 6.21. The van der Waals surface area contributed by atoms with Crippen LogP contribution in [-0.2, 0) is 10.2 Å². The minimum Gasteiger partial charge on any atom is -0.481 e. The standard InChI is InChI=1S/C26H27ClN2O3/c1-17(32-23-10-5-7-20(27)15-23)24(30)28-21-8-6-9-22(16-21)29-25(31)18-11-13-19(14-12-18)26(2,3)4/h5-17H,1-4H3,(H,28,30)(H,29,31)/t17-/m0/s1. The average Bonchev–Trinajstić information content (AvgIpc) is 2.73. The normalized spacial score (nSPS) is 12.0. The number of rotatable bonds is 6. The fourth-order valence-corrected chi connectivity index (χ4v) is 3.22. The summed E-state index contributed by atoms with van der Waals surface area (Å²) in [6.07, 6.45) is -0.729. The van der Waals surface area contributed by atoms with E-state index in [1.165, 1.54) is 0 Å². The van der Waals surface area contributed by atoms with E-state index in [0.29, 0.717) is 27.7 Å². The van der Waals surface area contributed by atoms with E-state index in [1.54, 1.807) is 55.5 Å². The minimum absolute atomic E-state index is 0.0230. The van der Waals surface area contributed by atoms with Crippen LogP contribution < -0.4 is 15.4 Å². The van der Waals surface area contributed by atoms with Crippen LogP contribution in [0.15, 0.2) is 72.8 Å². The number of amides is 2. The van der Waals surface area contributed by atoms with Crippen LogP contribution in [-0.4, -0.2) is 17.9 Å². The summed E-state index contributed by atoms with van der Waals surface area (Å²) in [5.41, 5.74) is 2.88. The maximum atomic E-state index is 12.6. The van der Waals surface area contributed by atoms with Gasteiger partial charge in [0.1, 0.15) is 5.75 Å².